The maximum absolute atomic E-state index is 13.5. The Labute approximate surface area is 182 Å². The Morgan fingerprint density at radius 2 is 1.93 bits per heavy atom. The van der Waals surface area contributed by atoms with Crippen LogP contribution in [0, 0.1) is 5.92 Å². The normalized spacial score (nSPS) is 19.1. The molecule has 0 bridgehead atoms. The highest BCUT2D eigenvalue weighted by Crippen LogP contribution is 2.29. The smallest absolute Gasteiger partial charge is 0.310 e. The largest absolute Gasteiger partial charge is 0.466 e. The van der Waals surface area contributed by atoms with Crippen LogP contribution in [0.5, 0.6) is 0 Å². The van der Waals surface area contributed by atoms with Crippen LogP contribution in [0.1, 0.15) is 55.2 Å². The number of esters is 1. The Morgan fingerprint density at radius 3 is 2.70 bits per heavy atom. The molecule has 3 heterocycles. The second kappa shape index (κ2) is 9.21. The summed E-state index contributed by atoms with van der Waals surface area (Å²) in [5.41, 5.74) is 2.51. The highest BCUT2D eigenvalue weighted by molar-refractivity contribution is 6.30. The molecule has 0 spiro atoms. The molecule has 0 aliphatic carbocycles. The van der Waals surface area contributed by atoms with Crippen molar-refractivity contribution < 1.29 is 14.3 Å². The van der Waals surface area contributed by atoms with Gasteiger partial charge < -0.3 is 14.2 Å². The van der Waals surface area contributed by atoms with Crippen molar-refractivity contribution in [3.8, 4) is 11.4 Å². The fraction of sp³-hybridized carbons (Fsp3) is 0.522. The van der Waals surface area contributed by atoms with Crippen molar-refractivity contribution >= 4 is 23.5 Å². The molecule has 160 valence electrons. The molecule has 4 rings (SSSR count). The van der Waals surface area contributed by atoms with E-state index < -0.39 is 0 Å². The van der Waals surface area contributed by atoms with Crippen LogP contribution in [0.3, 0.4) is 0 Å². The Balaban J connectivity index is 1.65. The standard InChI is InChI=1S/C23H28ClN3O3/c1-2-30-23(29)17-7-6-13-26(15-17)22(28)20-19-8-4-3-5-14-27(19)21(25-20)16-9-11-18(24)12-10-16/h9-12,17H,2-8,13-15H2,1H3. The van der Waals surface area contributed by atoms with E-state index in [1.165, 1.54) is 0 Å². The van der Waals surface area contributed by atoms with Crippen molar-refractivity contribution in [3.05, 3.63) is 40.7 Å². The zero-order valence-electron chi connectivity index (χ0n) is 17.4. The van der Waals surface area contributed by atoms with Gasteiger partial charge in [-0.1, -0.05) is 18.0 Å². The predicted octanol–water partition coefficient (Wildman–Crippen LogP) is 4.35. The summed E-state index contributed by atoms with van der Waals surface area (Å²) in [6.45, 7) is 4.08. The van der Waals surface area contributed by atoms with Crippen molar-refractivity contribution in [1.29, 1.82) is 0 Å². The van der Waals surface area contributed by atoms with Crippen molar-refractivity contribution in [1.82, 2.24) is 14.5 Å². The van der Waals surface area contributed by atoms with Gasteiger partial charge in [-0.3, -0.25) is 9.59 Å². The van der Waals surface area contributed by atoms with E-state index in [0.717, 1.165) is 62.2 Å². The number of carbonyl (C=O) groups excluding carboxylic acids is 2. The summed E-state index contributed by atoms with van der Waals surface area (Å²) in [5.74, 6) is 0.292. The summed E-state index contributed by atoms with van der Waals surface area (Å²) in [4.78, 5) is 32.3. The van der Waals surface area contributed by atoms with Gasteiger partial charge in [0.15, 0.2) is 0 Å². The third-order valence-corrected chi connectivity index (χ3v) is 6.25. The summed E-state index contributed by atoms with van der Waals surface area (Å²) in [6.07, 6.45) is 5.68. The third kappa shape index (κ3) is 4.24. The van der Waals surface area contributed by atoms with Gasteiger partial charge in [0.05, 0.1) is 18.2 Å². The first kappa shape index (κ1) is 20.9. The summed E-state index contributed by atoms with van der Waals surface area (Å²) in [5, 5.41) is 0.677. The molecule has 1 fully saturated rings. The number of hydrogen-bond donors (Lipinski definition) is 0. The van der Waals surface area contributed by atoms with E-state index in [2.05, 4.69) is 4.57 Å². The number of rotatable bonds is 4. The molecule has 2 aliphatic rings. The van der Waals surface area contributed by atoms with Gasteiger partial charge in [-0.25, -0.2) is 4.98 Å². The topological polar surface area (TPSA) is 64.4 Å². The van der Waals surface area contributed by atoms with Gasteiger partial charge in [0.25, 0.3) is 5.91 Å². The van der Waals surface area contributed by atoms with Crippen molar-refractivity contribution in [2.75, 3.05) is 19.7 Å². The van der Waals surface area contributed by atoms with Crippen LogP contribution < -0.4 is 0 Å². The van der Waals surface area contributed by atoms with Crippen LogP contribution >= 0.6 is 11.6 Å². The van der Waals surface area contributed by atoms with Crippen LogP contribution in [-0.2, 0) is 22.5 Å². The molecular weight excluding hydrogens is 402 g/mol. The SMILES string of the molecule is CCOC(=O)C1CCCN(C(=O)c2nc(-c3ccc(Cl)cc3)n3c2CCCCC3)C1. The number of hydrogen-bond acceptors (Lipinski definition) is 4. The zero-order chi connectivity index (χ0) is 21.1. The van der Waals surface area contributed by atoms with Crippen molar-refractivity contribution in [3.63, 3.8) is 0 Å². The van der Waals surface area contributed by atoms with Gasteiger partial charge in [-0.2, -0.15) is 0 Å². The molecule has 1 atom stereocenters. The van der Waals surface area contributed by atoms with Crippen LogP contribution in [0.2, 0.25) is 5.02 Å². The van der Waals surface area contributed by atoms with E-state index in [0.29, 0.717) is 30.4 Å². The first-order valence-corrected chi connectivity index (χ1v) is 11.3. The Hall–Kier alpha value is -2.34. The van der Waals surface area contributed by atoms with E-state index in [4.69, 9.17) is 21.3 Å². The number of carbonyl (C=O) groups is 2. The first-order valence-electron chi connectivity index (χ1n) is 10.9. The number of aromatic nitrogens is 2. The van der Waals surface area contributed by atoms with Gasteiger partial charge in [-0.15, -0.1) is 0 Å². The maximum Gasteiger partial charge on any atom is 0.310 e. The highest BCUT2D eigenvalue weighted by Gasteiger charge is 2.33. The fourth-order valence-corrected chi connectivity index (χ4v) is 4.60. The van der Waals surface area contributed by atoms with Gasteiger partial charge in [0, 0.05) is 30.2 Å². The average Bonchev–Trinajstić information content (AvgIpc) is 2.95. The van der Waals surface area contributed by atoms with E-state index >= 15 is 0 Å². The number of imidazole rings is 1. The second-order valence-electron chi connectivity index (χ2n) is 8.04. The molecule has 0 saturated carbocycles. The minimum Gasteiger partial charge on any atom is -0.466 e. The third-order valence-electron chi connectivity index (χ3n) is 6.00. The van der Waals surface area contributed by atoms with Crippen LogP contribution in [0.15, 0.2) is 24.3 Å². The minimum absolute atomic E-state index is 0.0742. The van der Waals surface area contributed by atoms with Crippen LogP contribution in [0.4, 0.5) is 0 Å². The number of likely N-dealkylation sites (tertiary alicyclic amines) is 1. The quantitative estimate of drug-likeness (QED) is 0.678. The molecule has 1 aromatic heterocycles. The Bertz CT molecular complexity index is 923. The summed E-state index contributed by atoms with van der Waals surface area (Å²) in [6, 6.07) is 7.61. The molecule has 6 nitrogen and oxygen atoms in total. The van der Waals surface area contributed by atoms with E-state index in [1.54, 1.807) is 4.90 Å². The summed E-state index contributed by atoms with van der Waals surface area (Å²) >= 11 is 6.06. The fourth-order valence-electron chi connectivity index (χ4n) is 4.47. The monoisotopic (exact) mass is 429 g/mol. The van der Waals surface area contributed by atoms with E-state index in [-0.39, 0.29) is 17.8 Å². The molecule has 2 aromatic rings. The molecule has 1 saturated heterocycles. The zero-order valence-corrected chi connectivity index (χ0v) is 18.2. The minimum atomic E-state index is -0.250. The molecular formula is C23H28ClN3O3. The molecule has 0 radical (unpaired) electrons. The number of benzene rings is 1. The lowest BCUT2D eigenvalue weighted by atomic mass is 9.97. The Morgan fingerprint density at radius 1 is 1.13 bits per heavy atom. The number of nitrogens with zero attached hydrogens (tertiary/aromatic N) is 3. The molecule has 2 aliphatic heterocycles. The van der Waals surface area contributed by atoms with Gasteiger partial charge in [0.2, 0.25) is 0 Å². The number of amides is 1. The molecule has 30 heavy (non-hydrogen) atoms. The van der Waals surface area contributed by atoms with Crippen molar-refractivity contribution in [2.45, 2.75) is 52.0 Å². The van der Waals surface area contributed by atoms with E-state index in [9.17, 15) is 9.59 Å². The average molecular weight is 430 g/mol. The molecule has 0 N–H and O–H groups in total. The molecule has 1 aromatic carbocycles. The van der Waals surface area contributed by atoms with Crippen LogP contribution in [0.25, 0.3) is 11.4 Å². The first-order chi connectivity index (χ1) is 14.6. The lowest BCUT2D eigenvalue weighted by Gasteiger charge is -2.31. The van der Waals surface area contributed by atoms with Gasteiger partial charge >= 0.3 is 5.97 Å². The summed E-state index contributed by atoms with van der Waals surface area (Å²) in [7, 11) is 0. The lowest BCUT2D eigenvalue weighted by molar-refractivity contribution is -0.149. The number of fused-ring (bicyclic) bond motifs is 1. The van der Waals surface area contributed by atoms with Crippen LogP contribution in [-0.4, -0.2) is 46.0 Å². The summed E-state index contributed by atoms with van der Waals surface area (Å²) < 4.78 is 7.39. The van der Waals surface area contributed by atoms with Gasteiger partial charge in [0.1, 0.15) is 11.5 Å². The Kier molecular flexibility index (Phi) is 6.42. The second-order valence-corrected chi connectivity index (χ2v) is 8.48. The maximum atomic E-state index is 13.5. The number of piperidine rings is 1. The number of ether oxygens (including phenoxy) is 1. The molecule has 1 unspecified atom stereocenters. The lowest BCUT2D eigenvalue weighted by Crippen LogP contribution is -2.43. The molecule has 7 heteroatoms. The molecule has 1 amide bonds. The number of halogens is 1. The van der Waals surface area contributed by atoms with E-state index in [1.807, 2.05) is 31.2 Å². The predicted molar refractivity (Wildman–Crippen MR) is 115 cm³/mol. The van der Waals surface area contributed by atoms with Gasteiger partial charge in [-0.05, 0) is 63.3 Å². The van der Waals surface area contributed by atoms with Crippen molar-refractivity contribution in [2.24, 2.45) is 5.92 Å². The highest BCUT2D eigenvalue weighted by atomic mass is 35.5.